The number of alkyl halides is 1. The van der Waals surface area contributed by atoms with E-state index in [1.54, 1.807) is 6.92 Å². The van der Waals surface area contributed by atoms with E-state index >= 15 is 0 Å². The lowest BCUT2D eigenvalue weighted by atomic mass is 10.2. The number of rotatable bonds is 6. The minimum atomic E-state index is -3.90. The van der Waals surface area contributed by atoms with E-state index in [9.17, 15) is 12.8 Å². The molecule has 0 aliphatic heterocycles. The van der Waals surface area contributed by atoms with Crippen molar-refractivity contribution in [2.75, 3.05) is 5.88 Å². The Balaban J connectivity index is 2.79. The molecule has 0 saturated heterocycles. The molecule has 0 radical (unpaired) electrons. The molecule has 0 saturated carbocycles. The van der Waals surface area contributed by atoms with E-state index in [-0.39, 0.29) is 6.04 Å². The molecule has 0 bridgehead atoms. The van der Waals surface area contributed by atoms with Gasteiger partial charge >= 0.3 is 0 Å². The van der Waals surface area contributed by atoms with Gasteiger partial charge in [0.2, 0.25) is 5.03 Å². The monoisotopic (exact) mass is 280 g/mol. The quantitative estimate of drug-likeness (QED) is 0.810. The van der Waals surface area contributed by atoms with Gasteiger partial charge in [-0.2, -0.15) is 0 Å². The predicted octanol–water partition coefficient (Wildman–Crippen LogP) is 1.91. The minimum Gasteiger partial charge on any atom is -0.241 e. The molecule has 1 N–H and O–H groups in total. The predicted molar refractivity (Wildman–Crippen MR) is 63.9 cm³/mol. The van der Waals surface area contributed by atoms with E-state index in [1.807, 2.05) is 0 Å². The van der Waals surface area contributed by atoms with Crippen molar-refractivity contribution in [1.29, 1.82) is 0 Å². The first-order valence-corrected chi connectivity index (χ1v) is 7.18. The van der Waals surface area contributed by atoms with Gasteiger partial charge in [0.15, 0.2) is 5.82 Å². The first-order valence-electron chi connectivity index (χ1n) is 5.16. The lowest BCUT2D eigenvalue weighted by Crippen LogP contribution is -2.33. The zero-order chi connectivity index (χ0) is 12.9. The van der Waals surface area contributed by atoms with Crippen LogP contribution in [0.4, 0.5) is 4.39 Å². The van der Waals surface area contributed by atoms with Crippen LogP contribution in [0, 0.1) is 5.82 Å². The van der Waals surface area contributed by atoms with Crippen molar-refractivity contribution in [3.05, 3.63) is 24.1 Å². The van der Waals surface area contributed by atoms with Crippen molar-refractivity contribution >= 4 is 21.6 Å². The molecule has 0 fully saturated rings. The highest BCUT2D eigenvalue weighted by atomic mass is 35.5. The number of sulfonamides is 1. The topological polar surface area (TPSA) is 59.1 Å². The smallest absolute Gasteiger partial charge is 0.241 e. The van der Waals surface area contributed by atoms with Gasteiger partial charge in [-0.15, -0.1) is 11.6 Å². The van der Waals surface area contributed by atoms with Gasteiger partial charge in [0.25, 0.3) is 10.0 Å². The fourth-order valence-corrected chi connectivity index (χ4v) is 2.77. The first-order chi connectivity index (χ1) is 7.97. The molecule has 1 heterocycles. The highest BCUT2D eigenvalue weighted by Crippen LogP contribution is 2.11. The summed E-state index contributed by atoms with van der Waals surface area (Å²) < 4.78 is 39.2. The highest BCUT2D eigenvalue weighted by molar-refractivity contribution is 7.89. The van der Waals surface area contributed by atoms with Crippen molar-refractivity contribution < 1.29 is 12.8 Å². The fourth-order valence-electron chi connectivity index (χ4n) is 1.33. The second-order valence-electron chi connectivity index (χ2n) is 3.64. The third-order valence-corrected chi connectivity index (χ3v) is 3.90. The molecule has 0 aliphatic rings. The average Bonchev–Trinajstić information content (AvgIpc) is 2.26. The Hall–Kier alpha value is -0.720. The van der Waals surface area contributed by atoms with Crippen LogP contribution >= 0.6 is 11.6 Å². The van der Waals surface area contributed by atoms with Gasteiger partial charge in [-0.1, -0.05) is 0 Å². The molecule has 7 heteroatoms. The Morgan fingerprint density at radius 3 is 2.88 bits per heavy atom. The van der Waals surface area contributed by atoms with Crippen LogP contribution in [0.25, 0.3) is 0 Å². The normalized spacial score (nSPS) is 13.6. The van der Waals surface area contributed by atoms with E-state index in [2.05, 4.69) is 9.71 Å². The molecule has 4 nitrogen and oxygen atoms in total. The van der Waals surface area contributed by atoms with E-state index in [4.69, 9.17) is 11.6 Å². The summed E-state index contributed by atoms with van der Waals surface area (Å²) in [6.45, 7) is 1.70. The molecule has 1 aromatic rings. The van der Waals surface area contributed by atoms with Crippen LogP contribution in [0.5, 0.6) is 0 Å². The number of aromatic nitrogens is 1. The molecular weight excluding hydrogens is 267 g/mol. The molecule has 0 aromatic carbocycles. The molecule has 0 amide bonds. The van der Waals surface area contributed by atoms with Crippen LogP contribution in [-0.4, -0.2) is 25.3 Å². The molecule has 1 atom stereocenters. The number of hydrogen-bond acceptors (Lipinski definition) is 3. The maximum Gasteiger partial charge on any atom is 0.261 e. The van der Waals surface area contributed by atoms with Crippen LogP contribution < -0.4 is 4.72 Å². The Kier molecular flexibility index (Phi) is 5.30. The van der Waals surface area contributed by atoms with Crippen LogP contribution in [0.3, 0.4) is 0 Å². The Morgan fingerprint density at radius 2 is 2.29 bits per heavy atom. The van der Waals surface area contributed by atoms with Crippen molar-refractivity contribution in [3.63, 3.8) is 0 Å². The molecule has 0 spiro atoms. The molecule has 96 valence electrons. The van der Waals surface area contributed by atoms with Crippen molar-refractivity contribution in [1.82, 2.24) is 9.71 Å². The summed E-state index contributed by atoms with van der Waals surface area (Å²) in [5, 5.41) is -0.572. The van der Waals surface area contributed by atoms with Gasteiger partial charge in [0, 0.05) is 18.1 Å². The Labute approximate surface area is 105 Å². The zero-order valence-electron chi connectivity index (χ0n) is 9.36. The van der Waals surface area contributed by atoms with Gasteiger partial charge in [-0.3, -0.25) is 0 Å². The van der Waals surface area contributed by atoms with Gasteiger partial charge in [0.1, 0.15) is 0 Å². The molecule has 1 rings (SSSR count). The summed E-state index contributed by atoms with van der Waals surface area (Å²) >= 11 is 5.51. The third-order valence-electron chi connectivity index (χ3n) is 2.11. The van der Waals surface area contributed by atoms with Gasteiger partial charge in [-0.05, 0) is 31.9 Å². The third kappa shape index (κ3) is 4.22. The summed E-state index contributed by atoms with van der Waals surface area (Å²) in [5.41, 5.74) is 0. The van der Waals surface area contributed by atoms with Gasteiger partial charge in [-0.25, -0.2) is 22.5 Å². The lowest BCUT2D eigenvalue weighted by Gasteiger charge is -2.13. The second-order valence-corrected chi connectivity index (χ2v) is 5.65. The lowest BCUT2D eigenvalue weighted by molar-refractivity contribution is 0.523. The summed E-state index contributed by atoms with van der Waals surface area (Å²) in [5.74, 6) is -0.395. The summed E-state index contributed by atoms with van der Waals surface area (Å²) in [7, 11) is -3.90. The minimum absolute atomic E-state index is 0.305. The Morgan fingerprint density at radius 1 is 1.59 bits per heavy atom. The maximum absolute atomic E-state index is 13.3. The standard InChI is InChI=1S/C10H14ClFN2O2S/c1-8(4-2-6-11)14-17(15,16)10-9(12)5-3-7-13-10/h3,5,7-8,14H,2,4,6H2,1H3. The van der Waals surface area contributed by atoms with E-state index in [0.717, 1.165) is 6.07 Å². The van der Waals surface area contributed by atoms with Gasteiger partial charge < -0.3 is 0 Å². The Bertz CT molecular complexity index is 467. The number of hydrogen-bond donors (Lipinski definition) is 1. The van der Waals surface area contributed by atoms with E-state index in [1.165, 1.54) is 12.3 Å². The maximum atomic E-state index is 13.3. The fraction of sp³-hybridized carbons (Fsp3) is 0.500. The van der Waals surface area contributed by atoms with Crippen molar-refractivity contribution in [2.45, 2.75) is 30.8 Å². The number of halogens is 2. The van der Waals surface area contributed by atoms with Crippen LogP contribution in [0.15, 0.2) is 23.4 Å². The van der Waals surface area contributed by atoms with E-state index in [0.29, 0.717) is 18.7 Å². The molecule has 0 aliphatic carbocycles. The van der Waals surface area contributed by atoms with Gasteiger partial charge in [0.05, 0.1) is 0 Å². The second kappa shape index (κ2) is 6.28. The first kappa shape index (κ1) is 14.3. The van der Waals surface area contributed by atoms with Crippen LogP contribution in [0.2, 0.25) is 0 Å². The average molecular weight is 281 g/mol. The number of nitrogens with one attached hydrogen (secondary N) is 1. The van der Waals surface area contributed by atoms with Crippen molar-refractivity contribution in [2.24, 2.45) is 0 Å². The zero-order valence-corrected chi connectivity index (χ0v) is 10.9. The SMILES string of the molecule is CC(CCCCl)NS(=O)(=O)c1ncccc1F. The van der Waals surface area contributed by atoms with Crippen molar-refractivity contribution in [3.8, 4) is 0 Å². The summed E-state index contributed by atoms with van der Waals surface area (Å²) in [4.78, 5) is 3.53. The number of pyridine rings is 1. The highest BCUT2D eigenvalue weighted by Gasteiger charge is 2.22. The molecular formula is C10H14ClFN2O2S. The molecule has 1 unspecified atom stereocenters. The largest absolute Gasteiger partial charge is 0.261 e. The van der Waals surface area contributed by atoms with E-state index < -0.39 is 20.9 Å². The number of nitrogens with zero attached hydrogens (tertiary/aromatic N) is 1. The van der Waals surface area contributed by atoms with Crippen LogP contribution in [0.1, 0.15) is 19.8 Å². The summed E-state index contributed by atoms with van der Waals surface area (Å²) in [6.07, 6.45) is 2.52. The molecule has 1 aromatic heterocycles. The summed E-state index contributed by atoms with van der Waals surface area (Å²) in [6, 6.07) is 2.09. The molecule has 17 heavy (non-hydrogen) atoms. The van der Waals surface area contributed by atoms with Crippen LogP contribution in [-0.2, 0) is 10.0 Å².